The SMILES string of the molecule is C=CC(=O)NCCCCCC(=O)O. The third-order valence-corrected chi connectivity index (χ3v) is 1.55. The number of unbranched alkanes of at least 4 members (excludes halogenated alkanes) is 2. The minimum Gasteiger partial charge on any atom is -0.481 e. The highest BCUT2D eigenvalue weighted by atomic mass is 16.4. The van der Waals surface area contributed by atoms with Crippen molar-refractivity contribution >= 4 is 11.9 Å². The fraction of sp³-hybridized carbons (Fsp3) is 0.556. The van der Waals surface area contributed by atoms with Gasteiger partial charge in [-0.1, -0.05) is 13.0 Å². The molecule has 0 unspecified atom stereocenters. The highest BCUT2D eigenvalue weighted by molar-refractivity contribution is 5.86. The van der Waals surface area contributed by atoms with Crippen LogP contribution in [0.4, 0.5) is 0 Å². The van der Waals surface area contributed by atoms with Gasteiger partial charge in [0.25, 0.3) is 0 Å². The second kappa shape index (κ2) is 7.34. The number of aliphatic carboxylic acids is 1. The first-order chi connectivity index (χ1) is 6.16. The number of hydrogen-bond donors (Lipinski definition) is 2. The molecule has 0 aromatic heterocycles. The van der Waals surface area contributed by atoms with E-state index in [2.05, 4.69) is 11.9 Å². The molecule has 0 aromatic rings. The molecule has 0 rings (SSSR count). The van der Waals surface area contributed by atoms with Gasteiger partial charge in [-0.2, -0.15) is 0 Å². The van der Waals surface area contributed by atoms with Crippen LogP contribution in [0.25, 0.3) is 0 Å². The number of rotatable bonds is 7. The summed E-state index contributed by atoms with van der Waals surface area (Å²) in [5.41, 5.74) is 0. The van der Waals surface area contributed by atoms with Crippen molar-refractivity contribution in [2.45, 2.75) is 25.7 Å². The fourth-order valence-electron chi connectivity index (χ4n) is 0.862. The van der Waals surface area contributed by atoms with Gasteiger partial charge in [-0.3, -0.25) is 9.59 Å². The molecule has 0 aliphatic heterocycles. The third-order valence-electron chi connectivity index (χ3n) is 1.55. The number of hydrogen-bond acceptors (Lipinski definition) is 2. The van der Waals surface area contributed by atoms with E-state index in [1.54, 1.807) is 0 Å². The summed E-state index contributed by atoms with van der Waals surface area (Å²) in [6.07, 6.45) is 3.72. The maximum atomic E-state index is 10.6. The second-order valence-corrected chi connectivity index (χ2v) is 2.70. The van der Waals surface area contributed by atoms with Gasteiger partial charge < -0.3 is 10.4 Å². The van der Waals surface area contributed by atoms with Crippen molar-refractivity contribution in [3.05, 3.63) is 12.7 Å². The van der Waals surface area contributed by atoms with Crippen molar-refractivity contribution < 1.29 is 14.7 Å². The predicted molar refractivity (Wildman–Crippen MR) is 49.3 cm³/mol. The molecule has 0 bridgehead atoms. The average Bonchev–Trinajstić information content (AvgIpc) is 2.10. The first-order valence-corrected chi connectivity index (χ1v) is 4.29. The topological polar surface area (TPSA) is 66.4 Å². The number of carbonyl (C=O) groups is 2. The van der Waals surface area contributed by atoms with Crippen LogP contribution in [-0.2, 0) is 9.59 Å². The number of nitrogens with one attached hydrogen (secondary N) is 1. The van der Waals surface area contributed by atoms with Gasteiger partial charge in [-0.25, -0.2) is 0 Å². The molecule has 74 valence electrons. The molecule has 0 aliphatic carbocycles. The number of carboxylic acids is 1. The highest BCUT2D eigenvalue weighted by Crippen LogP contribution is 1.98. The van der Waals surface area contributed by atoms with Crippen LogP contribution in [0.1, 0.15) is 25.7 Å². The second-order valence-electron chi connectivity index (χ2n) is 2.70. The number of amides is 1. The van der Waals surface area contributed by atoms with Crippen molar-refractivity contribution in [2.75, 3.05) is 6.54 Å². The molecule has 0 fully saturated rings. The first kappa shape index (κ1) is 11.7. The van der Waals surface area contributed by atoms with Gasteiger partial charge in [0.15, 0.2) is 0 Å². The van der Waals surface area contributed by atoms with Crippen LogP contribution >= 0.6 is 0 Å². The Hall–Kier alpha value is -1.32. The Morgan fingerprint density at radius 1 is 1.31 bits per heavy atom. The van der Waals surface area contributed by atoms with E-state index in [1.807, 2.05) is 0 Å². The molecular formula is C9H15NO3. The molecule has 0 saturated carbocycles. The van der Waals surface area contributed by atoms with Crippen LogP contribution in [0.5, 0.6) is 0 Å². The highest BCUT2D eigenvalue weighted by Gasteiger charge is 1.96. The zero-order valence-corrected chi connectivity index (χ0v) is 7.58. The minimum absolute atomic E-state index is 0.182. The molecule has 0 aliphatic rings. The quantitative estimate of drug-likeness (QED) is 0.458. The monoisotopic (exact) mass is 185 g/mol. The summed E-state index contributed by atoms with van der Waals surface area (Å²) in [5, 5.41) is 10.9. The molecule has 4 heteroatoms. The Kier molecular flexibility index (Phi) is 6.59. The molecule has 0 radical (unpaired) electrons. The maximum absolute atomic E-state index is 10.6. The molecule has 0 atom stereocenters. The number of carbonyl (C=O) groups excluding carboxylic acids is 1. The molecule has 13 heavy (non-hydrogen) atoms. The molecule has 1 amide bonds. The van der Waals surface area contributed by atoms with E-state index in [-0.39, 0.29) is 12.3 Å². The Morgan fingerprint density at radius 2 is 2.00 bits per heavy atom. The smallest absolute Gasteiger partial charge is 0.303 e. The van der Waals surface area contributed by atoms with E-state index in [0.29, 0.717) is 13.0 Å². The van der Waals surface area contributed by atoms with Gasteiger partial charge in [0, 0.05) is 13.0 Å². The van der Waals surface area contributed by atoms with Crippen LogP contribution in [-0.4, -0.2) is 23.5 Å². The van der Waals surface area contributed by atoms with Gasteiger partial charge in [0.1, 0.15) is 0 Å². The lowest BCUT2D eigenvalue weighted by molar-refractivity contribution is -0.137. The normalized spacial score (nSPS) is 9.23. The summed E-state index contributed by atoms with van der Waals surface area (Å²) >= 11 is 0. The summed E-state index contributed by atoms with van der Waals surface area (Å²) in [7, 11) is 0. The lowest BCUT2D eigenvalue weighted by atomic mass is 10.2. The molecule has 0 heterocycles. The van der Waals surface area contributed by atoms with Crippen molar-refractivity contribution in [2.24, 2.45) is 0 Å². The van der Waals surface area contributed by atoms with Gasteiger partial charge in [-0.05, 0) is 18.9 Å². The predicted octanol–water partition coefficient (Wildman–Crippen LogP) is 0.934. The maximum Gasteiger partial charge on any atom is 0.303 e. The Morgan fingerprint density at radius 3 is 2.54 bits per heavy atom. The molecule has 4 nitrogen and oxygen atoms in total. The minimum atomic E-state index is -0.768. The lowest BCUT2D eigenvalue weighted by Gasteiger charge is -2.00. The van der Waals surface area contributed by atoms with Gasteiger partial charge >= 0.3 is 5.97 Å². The largest absolute Gasteiger partial charge is 0.481 e. The summed E-state index contributed by atoms with van der Waals surface area (Å²) in [6.45, 7) is 3.90. The molecule has 0 saturated heterocycles. The van der Waals surface area contributed by atoms with Crippen molar-refractivity contribution in [1.82, 2.24) is 5.32 Å². The molecule has 2 N–H and O–H groups in total. The standard InChI is InChI=1S/C9H15NO3/c1-2-8(11)10-7-5-3-4-6-9(12)13/h2H,1,3-7H2,(H,10,11)(H,12,13). The Bertz CT molecular complexity index is 189. The van der Waals surface area contributed by atoms with E-state index in [4.69, 9.17) is 5.11 Å². The van der Waals surface area contributed by atoms with Crippen LogP contribution in [0.2, 0.25) is 0 Å². The molecular weight excluding hydrogens is 170 g/mol. The fourth-order valence-corrected chi connectivity index (χ4v) is 0.862. The van der Waals surface area contributed by atoms with Gasteiger partial charge in [-0.15, -0.1) is 0 Å². The van der Waals surface area contributed by atoms with E-state index >= 15 is 0 Å². The van der Waals surface area contributed by atoms with Crippen molar-refractivity contribution in [3.8, 4) is 0 Å². The third kappa shape index (κ3) is 8.59. The van der Waals surface area contributed by atoms with Gasteiger partial charge in [0.05, 0.1) is 0 Å². The number of carboxylic acid groups (broad SMARTS) is 1. The summed E-state index contributed by atoms with van der Waals surface area (Å²) < 4.78 is 0. The summed E-state index contributed by atoms with van der Waals surface area (Å²) in [6, 6.07) is 0. The zero-order chi connectivity index (χ0) is 10.1. The zero-order valence-electron chi connectivity index (χ0n) is 7.58. The Labute approximate surface area is 77.6 Å². The summed E-state index contributed by atoms with van der Waals surface area (Å²) in [4.78, 5) is 20.7. The lowest BCUT2D eigenvalue weighted by Crippen LogP contribution is -2.21. The first-order valence-electron chi connectivity index (χ1n) is 4.29. The molecule has 0 spiro atoms. The van der Waals surface area contributed by atoms with Crippen LogP contribution < -0.4 is 5.32 Å². The van der Waals surface area contributed by atoms with Crippen molar-refractivity contribution in [3.63, 3.8) is 0 Å². The van der Waals surface area contributed by atoms with E-state index < -0.39 is 5.97 Å². The van der Waals surface area contributed by atoms with E-state index in [0.717, 1.165) is 12.8 Å². The molecule has 0 aromatic carbocycles. The summed E-state index contributed by atoms with van der Waals surface area (Å²) in [5.74, 6) is -0.951. The van der Waals surface area contributed by atoms with Crippen molar-refractivity contribution in [1.29, 1.82) is 0 Å². The van der Waals surface area contributed by atoms with Crippen LogP contribution in [0.15, 0.2) is 12.7 Å². The van der Waals surface area contributed by atoms with E-state index in [9.17, 15) is 9.59 Å². The average molecular weight is 185 g/mol. The van der Waals surface area contributed by atoms with Crippen LogP contribution in [0, 0.1) is 0 Å². The van der Waals surface area contributed by atoms with E-state index in [1.165, 1.54) is 6.08 Å². The Balaban J connectivity index is 3.12. The van der Waals surface area contributed by atoms with Gasteiger partial charge in [0.2, 0.25) is 5.91 Å². The van der Waals surface area contributed by atoms with Crippen LogP contribution in [0.3, 0.4) is 0 Å².